The molecule has 1 rings (SSSR count). The Kier molecular flexibility index (Phi) is 5.20. The summed E-state index contributed by atoms with van der Waals surface area (Å²) >= 11 is 7.19. The molecule has 0 fully saturated rings. The number of sulfonamides is 1. The molecule has 0 aromatic carbocycles. The molecule has 1 aromatic rings. The monoisotopic (exact) mass is 283 g/mol. The van der Waals surface area contributed by atoms with E-state index in [2.05, 4.69) is 4.72 Å². The Labute approximate surface area is 105 Å². The van der Waals surface area contributed by atoms with Gasteiger partial charge in [-0.3, -0.25) is 0 Å². The van der Waals surface area contributed by atoms with Gasteiger partial charge in [0.25, 0.3) is 0 Å². The zero-order valence-corrected chi connectivity index (χ0v) is 11.5. The van der Waals surface area contributed by atoms with Crippen LogP contribution in [0.3, 0.4) is 0 Å². The molecule has 0 saturated heterocycles. The molecule has 0 aliphatic rings. The number of hydrogen-bond donors (Lipinski definition) is 1. The third-order valence-corrected chi connectivity index (χ3v) is 4.75. The van der Waals surface area contributed by atoms with Crippen molar-refractivity contribution in [3.63, 3.8) is 0 Å². The molecule has 7 heteroatoms. The average molecular weight is 284 g/mol. The normalized spacial score (nSPS) is 13.9. The van der Waals surface area contributed by atoms with Crippen molar-refractivity contribution in [1.82, 2.24) is 4.72 Å². The number of thiophene rings is 1. The van der Waals surface area contributed by atoms with E-state index >= 15 is 0 Å². The largest absolute Gasteiger partial charge is 0.375 e. The number of halogens is 1. The van der Waals surface area contributed by atoms with Crippen molar-refractivity contribution in [1.29, 1.82) is 0 Å². The molecule has 1 atom stereocenters. The summed E-state index contributed by atoms with van der Waals surface area (Å²) in [5, 5.41) is 0. The molecule has 92 valence electrons. The molecule has 0 radical (unpaired) electrons. The molecule has 0 aliphatic carbocycles. The molecule has 0 aliphatic heterocycles. The van der Waals surface area contributed by atoms with E-state index in [4.69, 9.17) is 16.3 Å². The first-order valence-corrected chi connectivity index (χ1v) is 7.58. The molecule has 0 saturated carbocycles. The number of rotatable bonds is 6. The van der Waals surface area contributed by atoms with E-state index in [0.29, 0.717) is 4.34 Å². The van der Waals surface area contributed by atoms with Gasteiger partial charge < -0.3 is 4.74 Å². The Bertz CT molecular complexity index is 430. The van der Waals surface area contributed by atoms with Crippen LogP contribution in [0, 0.1) is 0 Å². The van der Waals surface area contributed by atoms with Crippen molar-refractivity contribution in [2.24, 2.45) is 0 Å². The lowest BCUT2D eigenvalue weighted by Crippen LogP contribution is -2.30. The van der Waals surface area contributed by atoms with Crippen molar-refractivity contribution in [2.75, 3.05) is 19.4 Å². The van der Waals surface area contributed by atoms with Crippen LogP contribution in [0.1, 0.15) is 17.9 Å². The first kappa shape index (κ1) is 13.9. The van der Waals surface area contributed by atoms with E-state index < -0.39 is 10.0 Å². The van der Waals surface area contributed by atoms with Crippen LogP contribution in [0.15, 0.2) is 12.1 Å². The Morgan fingerprint density at radius 1 is 1.56 bits per heavy atom. The van der Waals surface area contributed by atoms with Gasteiger partial charge in [-0.15, -0.1) is 11.3 Å². The van der Waals surface area contributed by atoms with E-state index in [-0.39, 0.29) is 18.4 Å². The smallest absolute Gasteiger partial charge is 0.211 e. The van der Waals surface area contributed by atoms with Crippen LogP contribution >= 0.6 is 22.9 Å². The maximum atomic E-state index is 11.3. The second-order valence-corrected chi connectivity index (χ2v) is 6.96. The maximum Gasteiger partial charge on any atom is 0.211 e. The minimum atomic E-state index is -3.18. The zero-order valence-electron chi connectivity index (χ0n) is 9.07. The first-order valence-electron chi connectivity index (χ1n) is 4.74. The molecular formula is C9H14ClNO3S2. The molecule has 4 nitrogen and oxygen atoms in total. The number of ether oxygens (including phenoxy) is 1. The molecule has 0 bridgehead atoms. The molecule has 0 spiro atoms. The first-order chi connectivity index (χ1) is 7.48. The quantitative estimate of drug-likeness (QED) is 0.869. The molecule has 1 heterocycles. The highest BCUT2D eigenvalue weighted by Gasteiger charge is 2.16. The van der Waals surface area contributed by atoms with Gasteiger partial charge in [0.05, 0.1) is 10.1 Å². The van der Waals surface area contributed by atoms with Crippen LogP contribution in [-0.4, -0.2) is 27.8 Å². The minimum Gasteiger partial charge on any atom is -0.375 e. The Morgan fingerprint density at radius 2 is 2.25 bits per heavy atom. The van der Waals surface area contributed by atoms with Gasteiger partial charge in [-0.05, 0) is 19.1 Å². The van der Waals surface area contributed by atoms with Gasteiger partial charge in [0, 0.05) is 18.5 Å². The van der Waals surface area contributed by atoms with E-state index in [9.17, 15) is 8.42 Å². The van der Waals surface area contributed by atoms with E-state index in [1.807, 2.05) is 6.07 Å². The SMILES string of the molecule is CCS(=O)(=O)NCC(OC)c1ccc(Cl)s1. The van der Waals surface area contributed by atoms with Crippen molar-refractivity contribution in [3.8, 4) is 0 Å². The minimum absolute atomic E-state index is 0.0641. The molecule has 1 aromatic heterocycles. The molecule has 1 unspecified atom stereocenters. The summed E-state index contributed by atoms with van der Waals surface area (Å²) in [5.74, 6) is 0.0641. The summed E-state index contributed by atoms with van der Waals surface area (Å²) in [7, 11) is -1.64. The standard InChI is InChI=1S/C9H14ClNO3S2/c1-3-16(12,13)11-6-7(14-2)8-4-5-9(10)15-8/h4-5,7,11H,3,6H2,1-2H3. The second kappa shape index (κ2) is 5.97. The highest BCUT2D eigenvalue weighted by molar-refractivity contribution is 7.89. The van der Waals surface area contributed by atoms with Gasteiger partial charge >= 0.3 is 0 Å². The van der Waals surface area contributed by atoms with Gasteiger partial charge in [0.2, 0.25) is 10.0 Å². The van der Waals surface area contributed by atoms with E-state index in [0.717, 1.165) is 4.88 Å². The highest BCUT2D eigenvalue weighted by Crippen LogP contribution is 2.28. The van der Waals surface area contributed by atoms with Crippen LogP contribution in [0.25, 0.3) is 0 Å². The zero-order chi connectivity index (χ0) is 12.2. The second-order valence-electron chi connectivity index (χ2n) is 3.12. The van der Waals surface area contributed by atoms with E-state index in [1.54, 1.807) is 20.1 Å². The summed E-state index contributed by atoms with van der Waals surface area (Å²) in [5.41, 5.74) is 0. The topological polar surface area (TPSA) is 55.4 Å². The number of nitrogens with one attached hydrogen (secondary N) is 1. The van der Waals surface area contributed by atoms with Crippen molar-refractivity contribution >= 4 is 33.0 Å². The van der Waals surface area contributed by atoms with Crippen LogP contribution in [-0.2, 0) is 14.8 Å². The molecular weight excluding hydrogens is 270 g/mol. The predicted octanol–water partition coefficient (Wildman–Crippen LogP) is 2.03. The summed E-state index contributed by atoms with van der Waals surface area (Å²) < 4.78 is 30.9. The maximum absolute atomic E-state index is 11.3. The third-order valence-electron chi connectivity index (χ3n) is 2.06. The lowest BCUT2D eigenvalue weighted by atomic mass is 10.3. The van der Waals surface area contributed by atoms with Crippen molar-refractivity contribution < 1.29 is 13.2 Å². The lowest BCUT2D eigenvalue weighted by Gasteiger charge is -2.14. The van der Waals surface area contributed by atoms with Gasteiger partial charge in [-0.1, -0.05) is 11.6 Å². The number of methoxy groups -OCH3 is 1. The highest BCUT2D eigenvalue weighted by atomic mass is 35.5. The summed E-state index contributed by atoms with van der Waals surface area (Å²) in [4.78, 5) is 0.909. The summed E-state index contributed by atoms with van der Waals surface area (Å²) in [6, 6.07) is 3.60. The molecule has 16 heavy (non-hydrogen) atoms. The predicted molar refractivity (Wildman–Crippen MR) is 66.5 cm³/mol. The fourth-order valence-electron chi connectivity index (χ4n) is 1.11. The van der Waals surface area contributed by atoms with Crippen LogP contribution in [0.2, 0.25) is 4.34 Å². The fraction of sp³-hybridized carbons (Fsp3) is 0.556. The van der Waals surface area contributed by atoms with Gasteiger partial charge in [-0.25, -0.2) is 13.1 Å². The lowest BCUT2D eigenvalue weighted by molar-refractivity contribution is 0.110. The summed E-state index contributed by atoms with van der Waals surface area (Å²) in [6.45, 7) is 1.82. The van der Waals surface area contributed by atoms with Crippen molar-refractivity contribution in [3.05, 3.63) is 21.3 Å². The number of hydrogen-bond acceptors (Lipinski definition) is 4. The molecule has 1 N–H and O–H groups in total. The van der Waals surface area contributed by atoms with Crippen LogP contribution in [0.5, 0.6) is 0 Å². The van der Waals surface area contributed by atoms with Crippen molar-refractivity contribution in [2.45, 2.75) is 13.0 Å². The Morgan fingerprint density at radius 3 is 2.69 bits per heavy atom. The van der Waals surface area contributed by atoms with Gasteiger partial charge in [0.1, 0.15) is 6.10 Å². The van der Waals surface area contributed by atoms with Gasteiger partial charge in [0.15, 0.2) is 0 Å². The molecule has 0 amide bonds. The third kappa shape index (κ3) is 4.03. The van der Waals surface area contributed by atoms with Crippen LogP contribution < -0.4 is 4.72 Å². The van der Waals surface area contributed by atoms with E-state index in [1.165, 1.54) is 11.3 Å². The Balaban J connectivity index is 2.63. The Hall–Kier alpha value is -0.140. The summed E-state index contributed by atoms with van der Waals surface area (Å²) in [6.07, 6.45) is -0.293. The fourth-order valence-corrected chi connectivity index (χ4v) is 2.85. The average Bonchev–Trinajstić information content (AvgIpc) is 2.66. The van der Waals surface area contributed by atoms with Crippen LogP contribution in [0.4, 0.5) is 0 Å². The van der Waals surface area contributed by atoms with Gasteiger partial charge in [-0.2, -0.15) is 0 Å².